The fourth-order valence-electron chi connectivity index (χ4n) is 1.02. The Bertz CT molecular complexity index is 441. The number of aromatic nitrogens is 2. The molecule has 0 atom stereocenters. The summed E-state index contributed by atoms with van der Waals surface area (Å²) in [6.07, 6.45) is 0. The van der Waals surface area contributed by atoms with Gasteiger partial charge in [-0.25, -0.2) is 15.3 Å². The Hall–Kier alpha value is -2.33. The summed E-state index contributed by atoms with van der Waals surface area (Å²) in [4.78, 5) is 10.8. The molecule has 0 fully saturated rings. The Morgan fingerprint density at radius 3 is 2.65 bits per heavy atom. The maximum absolute atomic E-state index is 10.8. The molecule has 0 radical (unpaired) electrons. The van der Waals surface area contributed by atoms with Crippen LogP contribution in [0.15, 0.2) is 16.0 Å². The lowest BCUT2D eigenvalue weighted by molar-refractivity contribution is -0.132. The number of hydrazine groups is 1. The van der Waals surface area contributed by atoms with Crippen LogP contribution in [0.4, 0.5) is 11.6 Å². The summed E-state index contributed by atoms with van der Waals surface area (Å²) in [5.41, 5.74) is 10.3. The molecular weight excluding hydrogens is 232 g/mol. The highest BCUT2D eigenvalue weighted by Crippen LogP contribution is 2.19. The van der Waals surface area contributed by atoms with Crippen LogP contribution in [0.1, 0.15) is 0 Å². The lowest BCUT2D eigenvalue weighted by Crippen LogP contribution is -2.36. The van der Waals surface area contributed by atoms with E-state index in [2.05, 4.69) is 14.9 Å². The van der Waals surface area contributed by atoms with Crippen LogP contribution in [-0.2, 0) is 9.53 Å². The minimum absolute atomic E-state index is 0.0256. The molecule has 1 aromatic rings. The van der Waals surface area contributed by atoms with Crippen LogP contribution in [0, 0.1) is 0 Å². The summed E-state index contributed by atoms with van der Waals surface area (Å²) >= 11 is 0. The second-order valence-corrected chi connectivity index (χ2v) is 2.94. The van der Waals surface area contributed by atoms with Crippen molar-refractivity contribution < 1.29 is 19.3 Å². The molecule has 17 heavy (non-hydrogen) atoms. The van der Waals surface area contributed by atoms with E-state index in [9.17, 15) is 4.79 Å². The largest absolute Gasteiger partial charge is 0.477 e. The number of nitrogen functional groups attached to an aromatic ring is 1. The third-order valence-electron chi connectivity index (χ3n) is 1.84. The molecule has 0 aliphatic rings. The number of carboxylic acid groups (broad SMARTS) is 1. The van der Waals surface area contributed by atoms with Crippen LogP contribution in [0.3, 0.4) is 0 Å². The van der Waals surface area contributed by atoms with Crippen molar-refractivity contribution in [1.29, 1.82) is 0 Å². The highest BCUT2D eigenvalue weighted by molar-refractivity contribution is 5.87. The van der Waals surface area contributed by atoms with Crippen LogP contribution in [0.2, 0.25) is 0 Å². The number of carbonyl (C=O) groups is 1. The first-order chi connectivity index (χ1) is 7.99. The van der Waals surface area contributed by atoms with E-state index in [0.29, 0.717) is 0 Å². The third-order valence-corrected chi connectivity index (χ3v) is 1.84. The molecule has 0 aromatic carbocycles. The number of hydrogen-bond acceptors (Lipinski definition) is 9. The first-order valence-electron chi connectivity index (χ1n) is 4.32. The van der Waals surface area contributed by atoms with Gasteiger partial charge in [0.25, 0.3) is 0 Å². The van der Waals surface area contributed by atoms with E-state index in [1.165, 1.54) is 7.11 Å². The lowest BCUT2D eigenvalue weighted by atomic mass is 10.3. The minimum Gasteiger partial charge on any atom is -0.477 e. The number of aliphatic carboxylic acids is 1. The van der Waals surface area contributed by atoms with Crippen molar-refractivity contribution in [3.8, 4) is 0 Å². The molecular formula is C7H12N6O4. The molecule has 1 heterocycles. The summed E-state index contributed by atoms with van der Waals surface area (Å²) in [6.45, 7) is -0.138. The predicted octanol–water partition coefficient (Wildman–Crippen LogP) is -1.77. The maximum Gasteiger partial charge on any atom is 0.353 e. The zero-order chi connectivity index (χ0) is 13.0. The van der Waals surface area contributed by atoms with Crippen molar-refractivity contribution in [1.82, 2.24) is 10.3 Å². The number of ether oxygens (including phenoxy) is 1. The Labute approximate surface area is 95.5 Å². The Morgan fingerprint density at radius 2 is 2.24 bits per heavy atom. The van der Waals surface area contributed by atoms with Gasteiger partial charge in [0.15, 0.2) is 0 Å². The summed E-state index contributed by atoms with van der Waals surface area (Å²) in [5.74, 6) is 4.12. The van der Waals surface area contributed by atoms with Gasteiger partial charge in [0.2, 0.25) is 11.6 Å². The zero-order valence-corrected chi connectivity index (χ0v) is 8.95. The molecule has 94 valence electrons. The molecule has 1 rings (SSSR count). The average Bonchev–Trinajstić information content (AvgIpc) is 2.70. The second kappa shape index (κ2) is 5.14. The molecule has 0 bridgehead atoms. The molecule has 0 aliphatic carbocycles. The molecule has 0 unspecified atom stereocenters. The number of rotatable bonds is 5. The van der Waals surface area contributed by atoms with Gasteiger partial charge in [-0.15, -0.1) is 0 Å². The number of anilines is 2. The SMILES string of the molecule is COC/C(=C(/N)C(=O)O)N(N)c1nonc1N. The van der Waals surface area contributed by atoms with Crippen LogP contribution in [0.25, 0.3) is 0 Å². The summed E-state index contributed by atoms with van der Waals surface area (Å²) in [7, 11) is 1.35. The van der Waals surface area contributed by atoms with Crippen LogP contribution >= 0.6 is 0 Å². The molecule has 0 saturated heterocycles. The number of methoxy groups -OCH3 is 1. The normalized spacial score (nSPS) is 12.1. The van der Waals surface area contributed by atoms with E-state index in [0.717, 1.165) is 5.01 Å². The summed E-state index contributed by atoms with van der Waals surface area (Å²) in [6, 6.07) is 0. The van der Waals surface area contributed by atoms with Gasteiger partial charge in [-0.2, -0.15) is 0 Å². The Kier molecular flexibility index (Phi) is 3.85. The number of nitrogens with two attached hydrogens (primary N) is 3. The van der Waals surface area contributed by atoms with Crippen molar-refractivity contribution in [2.45, 2.75) is 0 Å². The van der Waals surface area contributed by atoms with E-state index in [1.54, 1.807) is 0 Å². The lowest BCUT2D eigenvalue weighted by Gasteiger charge is -2.19. The fourth-order valence-corrected chi connectivity index (χ4v) is 1.02. The molecule has 1 aromatic heterocycles. The molecule has 10 heteroatoms. The van der Waals surface area contributed by atoms with E-state index in [4.69, 9.17) is 27.2 Å². The number of carboxylic acids is 1. The molecule has 0 amide bonds. The van der Waals surface area contributed by atoms with E-state index in [1.807, 2.05) is 0 Å². The van der Waals surface area contributed by atoms with Gasteiger partial charge < -0.3 is 21.3 Å². The van der Waals surface area contributed by atoms with Gasteiger partial charge in [0, 0.05) is 7.11 Å². The monoisotopic (exact) mass is 244 g/mol. The highest BCUT2D eigenvalue weighted by Gasteiger charge is 2.21. The molecule has 0 saturated carbocycles. The van der Waals surface area contributed by atoms with E-state index < -0.39 is 11.7 Å². The molecule has 0 aliphatic heterocycles. The van der Waals surface area contributed by atoms with Gasteiger partial charge in [-0.1, -0.05) is 0 Å². The third kappa shape index (κ3) is 2.62. The summed E-state index contributed by atoms with van der Waals surface area (Å²) in [5, 5.41) is 16.3. The quantitative estimate of drug-likeness (QED) is 0.264. The highest BCUT2D eigenvalue weighted by atomic mass is 16.6. The standard InChI is InChI=1S/C7H12N6O4/c1-16-2-3(4(8)7(14)15)13(10)6-5(9)11-17-12-6/h2,8,10H2,1H3,(H2,9,11)(H,14,15)/b4-3-. The van der Waals surface area contributed by atoms with Gasteiger partial charge in [-0.3, -0.25) is 5.01 Å². The second-order valence-electron chi connectivity index (χ2n) is 2.94. The zero-order valence-electron chi connectivity index (χ0n) is 8.95. The van der Waals surface area contributed by atoms with Gasteiger partial charge in [-0.05, 0) is 10.3 Å². The predicted molar refractivity (Wildman–Crippen MR) is 56.1 cm³/mol. The number of nitrogens with zero attached hydrogens (tertiary/aromatic N) is 3. The Balaban J connectivity index is 3.13. The number of hydrogen-bond donors (Lipinski definition) is 4. The first kappa shape index (κ1) is 12.7. The van der Waals surface area contributed by atoms with Crippen molar-refractivity contribution >= 4 is 17.6 Å². The molecule has 10 nitrogen and oxygen atoms in total. The van der Waals surface area contributed by atoms with Crippen molar-refractivity contribution in [2.75, 3.05) is 24.5 Å². The van der Waals surface area contributed by atoms with E-state index in [-0.39, 0.29) is 23.9 Å². The molecule has 7 N–H and O–H groups in total. The first-order valence-corrected chi connectivity index (χ1v) is 4.32. The van der Waals surface area contributed by atoms with Crippen LogP contribution in [0.5, 0.6) is 0 Å². The molecule has 0 spiro atoms. The smallest absolute Gasteiger partial charge is 0.353 e. The van der Waals surface area contributed by atoms with Crippen molar-refractivity contribution in [3.05, 3.63) is 11.4 Å². The van der Waals surface area contributed by atoms with Crippen molar-refractivity contribution in [2.24, 2.45) is 11.6 Å². The fraction of sp³-hybridized carbons (Fsp3) is 0.286. The topological polar surface area (TPSA) is 167 Å². The van der Waals surface area contributed by atoms with Crippen molar-refractivity contribution in [3.63, 3.8) is 0 Å². The van der Waals surface area contributed by atoms with Gasteiger partial charge in [0.05, 0.1) is 12.3 Å². The van der Waals surface area contributed by atoms with Gasteiger partial charge >= 0.3 is 5.97 Å². The van der Waals surface area contributed by atoms with Crippen LogP contribution in [-0.4, -0.2) is 35.1 Å². The maximum atomic E-state index is 10.8. The minimum atomic E-state index is -1.34. The van der Waals surface area contributed by atoms with E-state index >= 15 is 0 Å². The van der Waals surface area contributed by atoms with Gasteiger partial charge in [0.1, 0.15) is 5.70 Å². The summed E-state index contributed by atoms with van der Waals surface area (Å²) < 4.78 is 9.13. The van der Waals surface area contributed by atoms with Crippen LogP contribution < -0.4 is 22.3 Å². The average molecular weight is 244 g/mol. The Morgan fingerprint density at radius 1 is 1.59 bits per heavy atom.